The molecule has 0 bridgehead atoms. The fourth-order valence-electron chi connectivity index (χ4n) is 10.8. The number of halogens is 9. The molecule has 0 unspecified atom stereocenters. The second-order valence-electron chi connectivity index (χ2n) is 20.2. The standard InChI is InChI=1S/C28H36ClF3N8O2.C22H24ClF4N7O3/c1-28(31,32)17-12-18(29)14-19(13-17)36-21-4-3-6-40(27(21)42)22-15-39(25-23(30)24(33)34-16-35-25)7-5-20(22)26(41)38-10-8-37(2)9-11-38;23-11-6-12(8-13(7-11)37-22(25,26)27)32-15-2-1-4-34(21(15)36)16-9-33(5-3-14(16)19(29)35)20-17(24)18(28)30-10-31-20/h12-14,16,20-22,36H,3-11,15H2,1-2H3,(H2,33,34,35);6-8,10,14-16,32H,1-5,9H2,(H2,29,35)(H2,28,30,31)/t20-,21+,22-;14-,15+,16-/m00/s1. The van der Waals surface area contributed by atoms with E-state index in [9.17, 15) is 49.9 Å². The van der Waals surface area contributed by atoms with E-state index in [0.29, 0.717) is 70.5 Å². The Labute approximate surface area is 460 Å². The highest BCUT2D eigenvalue weighted by atomic mass is 35.5. The normalized spacial score (nSPS) is 23.5. The summed E-state index contributed by atoms with van der Waals surface area (Å²) in [4.78, 5) is 79.4. The number of nitrogen functional groups attached to an aromatic ring is 2. The molecule has 0 aliphatic carbocycles. The molecule has 6 atom stereocenters. The van der Waals surface area contributed by atoms with Gasteiger partial charge < -0.3 is 62.0 Å². The van der Waals surface area contributed by atoms with Crippen LogP contribution in [0.3, 0.4) is 0 Å². The number of nitrogens with one attached hydrogen (secondary N) is 2. The van der Waals surface area contributed by atoms with E-state index in [-0.39, 0.29) is 88.3 Å². The van der Waals surface area contributed by atoms with Gasteiger partial charge in [0.05, 0.1) is 23.9 Å². The van der Waals surface area contributed by atoms with Crippen molar-refractivity contribution in [2.45, 2.75) is 81.9 Å². The lowest BCUT2D eigenvalue weighted by Gasteiger charge is -2.47. The Morgan fingerprint density at radius 2 is 1.14 bits per heavy atom. The van der Waals surface area contributed by atoms with Gasteiger partial charge in [-0.2, -0.15) is 8.78 Å². The average Bonchev–Trinajstić information content (AvgIpc) is 3.49. The molecule has 20 nitrogen and oxygen atoms in total. The summed E-state index contributed by atoms with van der Waals surface area (Å²) < 4.78 is 99.6. The summed E-state index contributed by atoms with van der Waals surface area (Å²) in [6.45, 7) is 5.07. The van der Waals surface area contributed by atoms with Crippen LogP contribution in [0.4, 0.5) is 65.4 Å². The lowest BCUT2D eigenvalue weighted by molar-refractivity contribution is -0.274. The number of nitrogens with two attached hydrogens (primary N) is 3. The number of aromatic nitrogens is 4. The topological polar surface area (TPSA) is 251 Å². The van der Waals surface area contributed by atoms with E-state index >= 15 is 0 Å². The van der Waals surface area contributed by atoms with Gasteiger partial charge in [-0.15, -0.1) is 13.2 Å². The van der Waals surface area contributed by atoms with Gasteiger partial charge in [0.1, 0.15) is 30.5 Å². The van der Waals surface area contributed by atoms with Crippen molar-refractivity contribution >= 4 is 81.5 Å². The molecule has 9 rings (SSSR count). The highest BCUT2D eigenvalue weighted by Crippen LogP contribution is 2.37. The van der Waals surface area contributed by atoms with Gasteiger partial charge in [-0.25, -0.2) is 28.7 Å². The maximum absolute atomic E-state index is 14.9. The molecule has 4 aromatic rings. The Bertz CT molecular complexity index is 2890. The number of carbonyl (C=O) groups excluding carboxylic acids is 4. The monoisotopic (exact) mass is 1150 g/mol. The molecule has 428 valence electrons. The Morgan fingerprint density at radius 1 is 0.658 bits per heavy atom. The molecule has 5 aliphatic rings. The van der Waals surface area contributed by atoms with E-state index in [1.54, 1.807) is 14.7 Å². The minimum Gasteiger partial charge on any atom is -0.406 e. The van der Waals surface area contributed by atoms with Gasteiger partial charge in [-0.1, -0.05) is 23.2 Å². The van der Waals surface area contributed by atoms with Gasteiger partial charge in [0, 0.05) is 105 Å². The summed E-state index contributed by atoms with van der Waals surface area (Å²) in [7, 11) is 2.01. The summed E-state index contributed by atoms with van der Waals surface area (Å²) >= 11 is 12.1. The molecule has 0 spiro atoms. The molecule has 29 heteroatoms. The predicted molar refractivity (Wildman–Crippen MR) is 280 cm³/mol. The van der Waals surface area contributed by atoms with E-state index in [4.69, 9.17) is 40.4 Å². The van der Waals surface area contributed by atoms with Crippen molar-refractivity contribution in [2.24, 2.45) is 17.6 Å². The van der Waals surface area contributed by atoms with Crippen LogP contribution < -0.4 is 42.4 Å². The van der Waals surface area contributed by atoms with E-state index < -0.39 is 71.6 Å². The molecular formula is C50H60Cl2F7N15O5. The van der Waals surface area contributed by atoms with Gasteiger partial charge in [-0.3, -0.25) is 19.2 Å². The molecular weight excluding hydrogens is 1090 g/mol. The highest BCUT2D eigenvalue weighted by Gasteiger charge is 2.46. The lowest BCUT2D eigenvalue weighted by Crippen LogP contribution is -2.63. The van der Waals surface area contributed by atoms with E-state index in [2.05, 4.69) is 40.2 Å². The summed E-state index contributed by atoms with van der Waals surface area (Å²) in [6, 6.07) is 4.68. The van der Waals surface area contributed by atoms with Crippen LogP contribution in [0, 0.1) is 23.5 Å². The largest absolute Gasteiger partial charge is 0.573 e. The molecule has 7 heterocycles. The number of primary amides is 1. The maximum atomic E-state index is 14.9. The van der Waals surface area contributed by atoms with Crippen molar-refractivity contribution in [3.63, 3.8) is 0 Å². The Balaban J connectivity index is 0.000000210. The van der Waals surface area contributed by atoms with Crippen LogP contribution in [-0.4, -0.2) is 166 Å². The Kier molecular flexibility index (Phi) is 17.9. The number of hydrogen-bond acceptors (Lipinski definition) is 16. The zero-order valence-corrected chi connectivity index (χ0v) is 44.6. The minimum absolute atomic E-state index is 0.0211. The number of piperazine rings is 1. The number of alkyl halides is 5. The van der Waals surface area contributed by atoms with Crippen LogP contribution in [-0.2, 0) is 25.1 Å². The molecule has 8 N–H and O–H groups in total. The molecule has 5 saturated heterocycles. The van der Waals surface area contributed by atoms with E-state index in [1.807, 2.05) is 11.9 Å². The summed E-state index contributed by atoms with van der Waals surface area (Å²) in [6.07, 6.45) is 0.0578. The van der Waals surface area contributed by atoms with Crippen molar-refractivity contribution in [3.8, 4) is 5.75 Å². The predicted octanol–water partition coefficient (Wildman–Crippen LogP) is 5.57. The first kappa shape index (κ1) is 58.3. The minimum atomic E-state index is -4.91. The first-order chi connectivity index (χ1) is 37.3. The van der Waals surface area contributed by atoms with E-state index in [1.165, 1.54) is 35.5 Å². The van der Waals surface area contributed by atoms with Crippen LogP contribution in [0.2, 0.25) is 10.0 Å². The second-order valence-corrected chi connectivity index (χ2v) is 21.1. The first-order valence-electron chi connectivity index (χ1n) is 25.5. The molecule has 2 aromatic carbocycles. The molecule has 0 saturated carbocycles. The second kappa shape index (κ2) is 24.2. The van der Waals surface area contributed by atoms with Crippen LogP contribution in [0.1, 0.15) is 51.0 Å². The smallest absolute Gasteiger partial charge is 0.406 e. The van der Waals surface area contributed by atoms with Gasteiger partial charge >= 0.3 is 6.36 Å². The third-order valence-corrected chi connectivity index (χ3v) is 15.2. The van der Waals surface area contributed by atoms with E-state index in [0.717, 1.165) is 38.5 Å². The van der Waals surface area contributed by atoms with Crippen molar-refractivity contribution in [2.75, 3.05) is 104 Å². The van der Waals surface area contributed by atoms with Crippen LogP contribution in [0.25, 0.3) is 0 Å². The van der Waals surface area contributed by atoms with Gasteiger partial charge in [0.15, 0.2) is 23.3 Å². The number of ether oxygens (including phenoxy) is 1. The van der Waals surface area contributed by atoms with Crippen LogP contribution in [0.5, 0.6) is 5.75 Å². The third kappa shape index (κ3) is 13.9. The number of carbonyl (C=O) groups is 4. The SMILES string of the molecule is CN1CCN(C(=O)[C@H]2CCN(c3ncnc(N)c3F)C[C@@H]2N2CCC[C@@H](Nc3cc(Cl)cc(C(C)(F)F)c3)C2=O)CC1.NC(=O)[C@H]1CCN(c2ncnc(N)c2F)C[C@@H]1N1CCC[C@@H](Nc2cc(Cl)cc(OC(F)(F)F)c2)C1=O. The van der Waals surface area contributed by atoms with Crippen molar-refractivity contribution < 1.29 is 54.6 Å². The van der Waals surface area contributed by atoms with Crippen LogP contribution in [0.15, 0.2) is 49.1 Å². The number of likely N-dealkylation sites (tertiary alicyclic amines) is 2. The van der Waals surface area contributed by atoms with Crippen molar-refractivity contribution in [1.29, 1.82) is 0 Å². The number of amides is 4. The fraction of sp³-hybridized carbons (Fsp3) is 0.520. The number of nitrogens with zero attached hydrogens (tertiary/aromatic N) is 10. The highest BCUT2D eigenvalue weighted by molar-refractivity contribution is 6.31. The number of anilines is 6. The number of piperidine rings is 4. The van der Waals surface area contributed by atoms with Gasteiger partial charge in [0.2, 0.25) is 35.3 Å². The number of benzene rings is 2. The maximum Gasteiger partial charge on any atom is 0.573 e. The Hall–Kier alpha value is -6.87. The Morgan fingerprint density at radius 3 is 1.63 bits per heavy atom. The quantitative estimate of drug-likeness (QED) is 0.109. The zero-order valence-electron chi connectivity index (χ0n) is 43.0. The fourth-order valence-corrected chi connectivity index (χ4v) is 11.3. The number of likely N-dealkylation sites (N-methyl/N-ethyl adjacent to an activating group) is 1. The molecule has 0 radical (unpaired) electrons. The summed E-state index contributed by atoms with van der Waals surface area (Å²) in [5.74, 6) is -8.25. The van der Waals surface area contributed by atoms with Gasteiger partial charge in [-0.05, 0) is 75.9 Å². The van der Waals surface area contributed by atoms with Crippen molar-refractivity contribution in [3.05, 3.63) is 76.3 Å². The molecule has 2 aromatic heterocycles. The van der Waals surface area contributed by atoms with Gasteiger partial charge in [0.25, 0.3) is 5.92 Å². The molecule has 5 fully saturated rings. The third-order valence-electron chi connectivity index (χ3n) is 14.8. The molecule has 5 aliphatic heterocycles. The van der Waals surface area contributed by atoms with Crippen LogP contribution >= 0.6 is 23.2 Å². The lowest BCUT2D eigenvalue weighted by atomic mass is 9.86. The number of rotatable bonds is 12. The molecule has 4 amide bonds. The number of hydrogen-bond donors (Lipinski definition) is 5. The summed E-state index contributed by atoms with van der Waals surface area (Å²) in [5.41, 5.74) is 17.1. The molecule has 79 heavy (non-hydrogen) atoms. The van der Waals surface area contributed by atoms with Crippen molar-refractivity contribution in [1.82, 2.24) is 39.5 Å². The average molecular weight is 1160 g/mol. The summed E-state index contributed by atoms with van der Waals surface area (Å²) in [5, 5.41) is 6.13. The first-order valence-corrected chi connectivity index (χ1v) is 26.3. The zero-order chi connectivity index (χ0) is 57.1.